The summed E-state index contributed by atoms with van der Waals surface area (Å²) >= 11 is 0. The zero-order valence-electron chi connectivity index (χ0n) is 10.7. The number of pyridine rings is 1. The van der Waals surface area contributed by atoms with Crippen LogP contribution in [-0.2, 0) is 0 Å². The second kappa shape index (κ2) is 4.89. The van der Waals surface area contributed by atoms with Crippen LogP contribution in [-0.4, -0.2) is 12.1 Å². The largest absolute Gasteiger partial charge is 0.497 e. The van der Waals surface area contributed by atoms with Gasteiger partial charge in [-0.05, 0) is 35.9 Å². The van der Waals surface area contributed by atoms with Crippen LogP contribution in [0.25, 0.3) is 22.0 Å². The third-order valence-corrected chi connectivity index (χ3v) is 3.09. The summed E-state index contributed by atoms with van der Waals surface area (Å²) in [6, 6.07) is 10.7. The van der Waals surface area contributed by atoms with E-state index in [1.54, 1.807) is 18.3 Å². The molecule has 4 heteroatoms. The predicted molar refractivity (Wildman–Crippen MR) is 73.6 cm³/mol. The number of benzene rings is 2. The van der Waals surface area contributed by atoms with Crippen LogP contribution in [0.4, 0.5) is 8.78 Å². The Morgan fingerprint density at radius 3 is 2.55 bits per heavy atom. The van der Waals surface area contributed by atoms with Crippen LogP contribution in [0.1, 0.15) is 0 Å². The first-order valence-corrected chi connectivity index (χ1v) is 6.06. The Hall–Kier alpha value is -2.49. The fraction of sp³-hybridized carbons (Fsp3) is 0.0625. The number of ether oxygens (including phenoxy) is 1. The molecule has 0 N–H and O–H groups in total. The highest BCUT2D eigenvalue weighted by Gasteiger charge is 2.06. The molecule has 0 saturated heterocycles. The molecule has 0 fully saturated rings. The molecule has 2 nitrogen and oxygen atoms in total. The van der Waals surface area contributed by atoms with Crippen molar-refractivity contribution in [1.82, 2.24) is 4.98 Å². The zero-order chi connectivity index (χ0) is 14.1. The lowest BCUT2D eigenvalue weighted by atomic mass is 10.0. The number of aromatic nitrogens is 1. The van der Waals surface area contributed by atoms with Crippen LogP contribution in [0.3, 0.4) is 0 Å². The molecular formula is C16H11F2NO. The van der Waals surface area contributed by atoms with Gasteiger partial charge in [0.25, 0.3) is 0 Å². The lowest BCUT2D eigenvalue weighted by Gasteiger charge is -2.06. The molecule has 0 spiro atoms. The van der Waals surface area contributed by atoms with E-state index in [1.807, 2.05) is 6.07 Å². The van der Waals surface area contributed by atoms with Crippen molar-refractivity contribution in [2.45, 2.75) is 0 Å². The van der Waals surface area contributed by atoms with E-state index >= 15 is 0 Å². The first kappa shape index (κ1) is 12.5. The molecule has 1 heterocycles. The number of hydrogen-bond donors (Lipinski definition) is 0. The Kier molecular flexibility index (Phi) is 3.06. The van der Waals surface area contributed by atoms with Crippen molar-refractivity contribution in [1.29, 1.82) is 0 Å². The van der Waals surface area contributed by atoms with Gasteiger partial charge in [-0.1, -0.05) is 0 Å². The van der Waals surface area contributed by atoms with Crippen molar-refractivity contribution in [3.63, 3.8) is 0 Å². The molecule has 0 radical (unpaired) electrons. The van der Waals surface area contributed by atoms with Crippen molar-refractivity contribution < 1.29 is 13.5 Å². The Balaban J connectivity index is 2.14. The number of nitrogens with zero attached hydrogens (tertiary/aromatic N) is 1. The fourth-order valence-corrected chi connectivity index (χ4v) is 2.10. The molecule has 3 aromatic rings. The highest BCUT2D eigenvalue weighted by atomic mass is 19.1. The minimum atomic E-state index is -0.376. The topological polar surface area (TPSA) is 22.1 Å². The van der Waals surface area contributed by atoms with E-state index in [-0.39, 0.29) is 11.6 Å². The molecule has 0 aliphatic rings. The quantitative estimate of drug-likeness (QED) is 0.697. The lowest BCUT2D eigenvalue weighted by Crippen LogP contribution is -1.88. The first-order valence-electron chi connectivity index (χ1n) is 6.06. The van der Waals surface area contributed by atoms with E-state index in [0.717, 1.165) is 10.9 Å². The molecule has 1 aromatic heterocycles. The summed E-state index contributed by atoms with van der Waals surface area (Å²) in [5.74, 6) is -0.261. The monoisotopic (exact) mass is 271 g/mol. The molecule has 0 saturated carbocycles. The van der Waals surface area contributed by atoms with Gasteiger partial charge in [-0.3, -0.25) is 4.98 Å². The summed E-state index contributed by atoms with van der Waals surface area (Å²) in [6.45, 7) is 0. The van der Waals surface area contributed by atoms with Gasteiger partial charge in [0, 0.05) is 29.3 Å². The molecule has 20 heavy (non-hydrogen) atoms. The van der Waals surface area contributed by atoms with E-state index in [4.69, 9.17) is 4.74 Å². The van der Waals surface area contributed by atoms with Crippen LogP contribution in [0, 0.1) is 11.6 Å². The number of methoxy groups -OCH3 is 1. The van der Waals surface area contributed by atoms with Crippen molar-refractivity contribution in [3.8, 4) is 16.9 Å². The molecule has 3 rings (SSSR count). The van der Waals surface area contributed by atoms with Crippen molar-refractivity contribution in [3.05, 3.63) is 60.3 Å². The Bertz CT molecular complexity index is 787. The van der Waals surface area contributed by atoms with Crippen molar-refractivity contribution in [2.75, 3.05) is 7.11 Å². The van der Waals surface area contributed by atoms with Gasteiger partial charge < -0.3 is 4.74 Å². The molecule has 0 unspecified atom stereocenters. The minimum absolute atomic E-state index is 0.329. The second-order valence-electron chi connectivity index (χ2n) is 4.44. The van der Waals surface area contributed by atoms with Gasteiger partial charge >= 0.3 is 0 Å². The van der Waals surface area contributed by atoms with Crippen LogP contribution in [0.15, 0.2) is 48.7 Å². The van der Waals surface area contributed by atoms with Gasteiger partial charge in [0.05, 0.1) is 12.6 Å². The van der Waals surface area contributed by atoms with Gasteiger partial charge in [0.2, 0.25) is 0 Å². The molecule has 0 bridgehead atoms. The number of hydrogen-bond acceptors (Lipinski definition) is 2. The van der Waals surface area contributed by atoms with E-state index in [1.165, 1.54) is 31.4 Å². The summed E-state index contributed by atoms with van der Waals surface area (Å²) in [6.07, 6.45) is 1.59. The van der Waals surface area contributed by atoms with E-state index in [2.05, 4.69) is 4.98 Å². The average molecular weight is 271 g/mol. The molecule has 100 valence electrons. The standard InChI is InChI=1S/C16H11F2NO/c1-20-15-6-11(5-14(18)7-15)12-4-10-2-3-13(17)8-16(10)19-9-12/h2-9H,1H3. The summed E-state index contributed by atoms with van der Waals surface area (Å²) in [5.41, 5.74) is 1.99. The van der Waals surface area contributed by atoms with E-state index < -0.39 is 0 Å². The highest BCUT2D eigenvalue weighted by molar-refractivity contribution is 5.83. The highest BCUT2D eigenvalue weighted by Crippen LogP contribution is 2.27. The SMILES string of the molecule is COc1cc(F)cc(-c2cnc3cc(F)ccc3c2)c1. The summed E-state index contributed by atoms with van der Waals surface area (Å²) in [5, 5.41) is 0.798. The minimum Gasteiger partial charge on any atom is -0.497 e. The van der Waals surface area contributed by atoms with Gasteiger partial charge in [0.15, 0.2) is 0 Å². The van der Waals surface area contributed by atoms with Crippen LogP contribution < -0.4 is 4.74 Å². The lowest BCUT2D eigenvalue weighted by molar-refractivity contribution is 0.411. The van der Waals surface area contributed by atoms with Gasteiger partial charge in [0.1, 0.15) is 17.4 Å². The average Bonchev–Trinajstić information content (AvgIpc) is 2.46. The molecule has 0 amide bonds. The molecule has 0 aliphatic heterocycles. The second-order valence-corrected chi connectivity index (χ2v) is 4.44. The van der Waals surface area contributed by atoms with E-state index in [0.29, 0.717) is 16.8 Å². The molecule has 0 aliphatic carbocycles. The number of rotatable bonds is 2. The van der Waals surface area contributed by atoms with Crippen LogP contribution in [0.5, 0.6) is 5.75 Å². The maximum atomic E-state index is 13.5. The summed E-state index contributed by atoms with van der Waals surface area (Å²) in [4.78, 5) is 4.20. The zero-order valence-corrected chi connectivity index (χ0v) is 10.7. The molecule has 2 aromatic carbocycles. The Labute approximate surface area is 114 Å². The molecular weight excluding hydrogens is 260 g/mol. The van der Waals surface area contributed by atoms with Crippen molar-refractivity contribution >= 4 is 10.9 Å². The third kappa shape index (κ3) is 2.32. The predicted octanol–water partition coefficient (Wildman–Crippen LogP) is 4.19. The number of halogens is 2. The smallest absolute Gasteiger partial charge is 0.127 e. The Morgan fingerprint density at radius 1 is 0.900 bits per heavy atom. The maximum absolute atomic E-state index is 13.5. The molecule has 0 atom stereocenters. The Morgan fingerprint density at radius 2 is 1.75 bits per heavy atom. The summed E-state index contributed by atoms with van der Waals surface area (Å²) < 4.78 is 31.7. The number of fused-ring (bicyclic) bond motifs is 1. The van der Waals surface area contributed by atoms with Crippen molar-refractivity contribution in [2.24, 2.45) is 0 Å². The van der Waals surface area contributed by atoms with Gasteiger partial charge in [-0.2, -0.15) is 0 Å². The van der Waals surface area contributed by atoms with Crippen LogP contribution >= 0.6 is 0 Å². The fourth-order valence-electron chi connectivity index (χ4n) is 2.10. The normalized spacial score (nSPS) is 10.8. The third-order valence-electron chi connectivity index (χ3n) is 3.09. The maximum Gasteiger partial charge on any atom is 0.127 e. The first-order chi connectivity index (χ1) is 9.65. The van der Waals surface area contributed by atoms with Gasteiger partial charge in [-0.15, -0.1) is 0 Å². The van der Waals surface area contributed by atoms with E-state index in [9.17, 15) is 8.78 Å². The van der Waals surface area contributed by atoms with Gasteiger partial charge in [-0.25, -0.2) is 8.78 Å². The van der Waals surface area contributed by atoms with Crippen LogP contribution in [0.2, 0.25) is 0 Å². The summed E-state index contributed by atoms with van der Waals surface area (Å²) in [7, 11) is 1.49.